The van der Waals surface area contributed by atoms with Crippen molar-refractivity contribution in [2.45, 2.75) is 31.5 Å². The summed E-state index contributed by atoms with van der Waals surface area (Å²) in [5.74, 6) is 0.0651. The highest BCUT2D eigenvalue weighted by atomic mass is 19.4. The molecule has 0 spiro atoms. The maximum atomic E-state index is 13.2. The molecule has 202 valence electrons. The Labute approximate surface area is 218 Å². The third kappa shape index (κ3) is 6.72. The van der Waals surface area contributed by atoms with E-state index in [0.717, 1.165) is 44.0 Å². The number of nitrogens with zero attached hydrogens (tertiary/aromatic N) is 5. The van der Waals surface area contributed by atoms with Crippen LogP contribution in [0.5, 0.6) is 0 Å². The molecule has 2 aliphatic rings. The highest BCUT2D eigenvalue weighted by Gasteiger charge is 2.38. The molecule has 1 amide bonds. The van der Waals surface area contributed by atoms with Crippen molar-refractivity contribution >= 4 is 28.7 Å². The monoisotopic (exact) mass is 530 g/mol. The molecule has 0 bridgehead atoms. The molecule has 0 saturated carbocycles. The van der Waals surface area contributed by atoms with E-state index < -0.39 is 22.4 Å². The Hall–Kier alpha value is -3.85. The van der Waals surface area contributed by atoms with Gasteiger partial charge in [-0.25, -0.2) is 4.85 Å². The number of nitro benzene ring substituents is 1. The van der Waals surface area contributed by atoms with E-state index in [4.69, 9.17) is 6.57 Å². The quantitative estimate of drug-likeness (QED) is 0.315. The second-order valence-electron chi connectivity index (χ2n) is 9.49. The number of alkyl halides is 3. The Morgan fingerprint density at radius 2 is 1.71 bits per heavy atom. The highest BCUT2D eigenvalue weighted by Crippen LogP contribution is 2.38. The number of carbonyl (C=O) groups excluding carboxylic acids is 1. The van der Waals surface area contributed by atoms with Crippen molar-refractivity contribution in [2.24, 2.45) is 0 Å². The summed E-state index contributed by atoms with van der Waals surface area (Å²) >= 11 is 0. The van der Waals surface area contributed by atoms with E-state index >= 15 is 0 Å². The van der Waals surface area contributed by atoms with Gasteiger partial charge in [0.1, 0.15) is 5.56 Å². The van der Waals surface area contributed by atoms with Crippen LogP contribution in [0.1, 0.15) is 24.8 Å². The molecule has 9 nitrogen and oxygen atoms in total. The van der Waals surface area contributed by atoms with E-state index in [1.54, 1.807) is 4.90 Å². The number of piperidine rings is 1. The van der Waals surface area contributed by atoms with Gasteiger partial charge < -0.3 is 15.1 Å². The van der Waals surface area contributed by atoms with E-state index in [1.807, 2.05) is 24.3 Å². The summed E-state index contributed by atoms with van der Waals surface area (Å²) in [6, 6.07) is 10.4. The van der Waals surface area contributed by atoms with E-state index in [2.05, 4.69) is 20.0 Å². The summed E-state index contributed by atoms with van der Waals surface area (Å²) in [6.07, 6.45) is -3.26. The molecule has 38 heavy (non-hydrogen) atoms. The number of piperazine rings is 1. The minimum Gasteiger partial charge on any atom is -0.382 e. The number of hydrogen-bond acceptors (Lipinski definition) is 6. The lowest BCUT2D eigenvalue weighted by atomic mass is 10.0. The van der Waals surface area contributed by atoms with Crippen LogP contribution in [0.15, 0.2) is 42.5 Å². The number of amides is 1. The number of likely N-dealkylation sites (tertiary alicyclic amines) is 1. The summed E-state index contributed by atoms with van der Waals surface area (Å²) in [6.45, 7) is 12.1. The normalized spacial score (nSPS) is 17.2. The summed E-state index contributed by atoms with van der Waals surface area (Å²) in [5, 5.41) is 14.0. The Morgan fingerprint density at radius 1 is 1.05 bits per heavy atom. The van der Waals surface area contributed by atoms with Crippen LogP contribution in [0, 0.1) is 16.7 Å². The predicted molar refractivity (Wildman–Crippen MR) is 137 cm³/mol. The van der Waals surface area contributed by atoms with E-state index in [1.165, 1.54) is 6.07 Å². The lowest BCUT2D eigenvalue weighted by molar-refractivity contribution is -0.388. The van der Waals surface area contributed by atoms with E-state index in [9.17, 15) is 28.1 Å². The van der Waals surface area contributed by atoms with Gasteiger partial charge in [-0.05, 0) is 37.1 Å². The summed E-state index contributed by atoms with van der Waals surface area (Å²) in [5.41, 5.74) is -0.367. The first kappa shape index (κ1) is 27.2. The van der Waals surface area contributed by atoms with Crippen molar-refractivity contribution < 1.29 is 22.9 Å². The smallest absolute Gasteiger partial charge is 0.382 e. The van der Waals surface area contributed by atoms with Gasteiger partial charge in [0.15, 0.2) is 5.69 Å². The van der Waals surface area contributed by atoms with Crippen molar-refractivity contribution in [3.63, 3.8) is 0 Å². The van der Waals surface area contributed by atoms with Gasteiger partial charge in [0.05, 0.1) is 11.5 Å². The fourth-order valence-electron chi connectivity index (χ4n) is 4.90. The maximum Gasteiger partial charge on any atom is 0.423 e. The average molecular weight is 531 g/mol. The molecule has 1 N–H and O–H groups in total. The fraction of sp³-hybridized carbons (Fsp3) is 0.462. The largest absolute Gasteiger partial charge is 0.423 e. The number of hydrogen-bond donors (Lipinski definition) is 1. The first-order valence-electron chi connectivity index (χ1n) is 12.5. The summed E-state index contributed by atoms with van der Waals surface area (Å²) < 4.78 is 39.7. The molecule has 2 aromatic carbocycles. The van der Waals surface area contributed by atoms with Crippen LogP contribution in [-0.2, 0) is 11.0 Å². The topological polar surface area (TPSA) is 86.3 Å². The summed E-state index contributed by atoms with van der Waals surface area (Å²) in [4.78, 5) is 32.4. The van der Waals surface area contributed by atoms with Crippen molar-refractivity contribution in [2.75, 3.05) is 56.0 Å². The van der Waals surface area contributed by atoms with Gasteiger partial charge in [-0.1, -0.05) is 12.1 Å². The molecule has 0 atom stereocenters. The van der Waals surface area contributed by atoms with Crippen LogP contribution >= 0.6 is 0 Å². The maximum absolute atomic E-state index is 13.2. The predicted octanol–water partition coefficient (Wildman–Crippen LogP) is 4.78. The second kappa shape index (κ2) is 11.7. The second-order valence-corrected chi connectivity index (χ2v) is 9.49. The van der Waals surface area contributed by atoms with Crippen LogP contribution in [0.3, 0.4) is 0 Å². The number of rotatable bonds is 7. The van der Waals surface area contributed by atoms with Crippen molar-refractivity contribution in [3.05, 3.63) is 69.6 Å². The third-order valence-electron chi connectivity index (χ3n) is 7.08. The lowest BCUT2D eigenvalue weighted by Gasteiger charge is -2.37. The first-order chi connectivity index (χ1) is 18.1. The summed E-state index contributed by atoms with van der Waals surface area (Å²) in [7, 11) is 0. The van der Waals surface area contributed by atoms with Crippen molar-refractivity contribution in [3.8, 4) is 0 Å². The molecule has 2 saturated heterocycles. The Balaban J connectivity index is 1.20. The standard InChI is InChI=1S/C26H29F3N6O3/c1-30-19-2-5-22(6-3-19)33-16-14-32(15-17-33)11-10-25(36)34-12-8-20(9-13-34)31-21-4-7-24(35(37)38)23(18-21)26(27,28)29/h2-7,18,20,31H,8-17H2. The van der Waals surface area contributed by atoms with Gasteiger partial charge >= 0.3 is 6.18 Å². The molecule has 2 fully saturated rings. The number of halogens is 3. The van der Waals surface area contributed by atoms with Crippen LogP contribution in [0.4, 0.5) is 35.9 Å². The molecule has 12 heteroatoms. The lowest BCUT2D eigenvalue weighted by Crippen LogP contribution is -2.48. The number of carbonyl (C=O) groups is 1. The average Bonchev–Trinajstić information content (AvgIpc) is 2.92. The molecule has 0 radical (unpaired) electrons. The molecule has 2 aliphatic heterocycles. The van der Waals surface area contributed by atoms with Crippen LogP contribution in [0.2, 0.25) is 0 Å². The number of benzene rings is 2. The first-order valence-corrected chi connectivity index (χ1v) is 12.5. The molecular weight excluding hydrogens is 501 g/mol. The molecular formula is C26H29F3N6O3. The van der Waals surface area contributed by atoms with Gasteiger partial charge in [0.2, 0.25) is 5.91 Å². The van der Waals surface area contributed by atoms with Crippen molar-refractivity contribution in [1.82, 2.24) is 9.80 Å². The Kier molecular flexibility index (Phi) is 8.36. The minimum absolute atomic E-state index is 0.0651. The van der Waals surface area contributed by atoms with Crippen LogP contribution in [-0.4, -0.2) is 72.5 Å². The van der Waals surface area contributed by atoms with Crippen LogP contribution < -0.4 is 10.2 Å². The van der Waals surface area contributed by atoms with Gasteiger partial charge in [-0.2, -0.15) is 13.2 Å². The van der Waals surface area contributed by atoms with Gasteiger partial charge in [0.25, 0.3) is 5.69 Å². The third-order valence-corrected chi connectivity index (χ3v) is 7.08. The minimum atomic E-state index is -4.83. The zero-order chi connectivity index (χ0) is 27.3. The Bertz CT molecular complexity index is 1180. The highest BCUT2D eigenvalue weighted by molar-refractivity contribution is 5.76. The number of anilines is 2. The van der Waals surface area contributed by atoms with Crippen LogP contribution in [0.25, 0.3) is 4.85 Å². The Morgan fingerprint density at radius 3 is 2.29 bits per heavy atom. The number of nitro groups is 1. The molecule has 0 unspecified atom stereocenters. The molecule has 2 aromatic rings. The van der Waals surface area contributed by atoms with Crippen molar-refractivity contribution in [1.29, 1.82) is 0 Å². The molecule has 0 aromatic heterocycles. The van der Waals surface area contributed by atoms with Gasteiger partial charge in [-0.15, -0.1) is 0 Å². The SMILES string of the molecule is [C-]#[N+]c1ccc(N2CCN(CCC(=O)N3CCC(Nc4ccc([N+](=O)[O-])c(C(F)(F)F)c4)CC3)CC2)cc1. The van der Waals surface area contributed by atoms with Gasteiger partial charge in [0, 0.05) is 75.7 Å². The van der Waals surface area contributed by atoms with E-state index in [-0.39, 0.29) is 17.6 Å². The zero-order valence-corrected chi connectivity index (χ0v) is 20.8. The molecule has 4 rings (SSSR count). The number of nitrogens with one attached hydrogen (secondary N) is 1. The molecule has 0 aliphatic carbocycles. The zero-order valence-electron chi connectivity index (χ0n) is 20.8. The van der Waals surface area contributed by atoms with E-state index in [0.29, 0.717) is 44.6 Å². The van der Waals surface area contributed by atoms with Gasteiger partial charge in [-0.3, -0.25) is 19.8 Å². The fourth-order valence-corrected chi connectivity index (χ4v) is 4.90. The molecule has 2 heterocycles.